The van der Waals surface area contributed by atoms with Crippen molar-refractivity contribution in [3.63, 3.8) is 0 Å². The molecule has 0 aliphatic carbocycles. The molecular formula is C65H132O8S4. The van der Waals surface area contributed by atoms with E-state index in [1.54, 1.807) is 0 Å². The van der Waals surface area contributed by atoms with Crippen molar-refractivity contribution in [1.82, 2.24) is 0 Å². The fourth-order valence-electron chi connectivity index (χ4n) is 9.64. The molecule has 12 heteroatoms. The average Bonchev–Trinajstić information content (AvgIpc) is 3.42. The molecule has 0 fully saturated rings. The highest BCUT2D eigenvalue weighted by Gasteiger charge is 2.27. The average molecular weight is 1170 g/mol. The van der Waals surface area contributed by atoms with Crippen LogP contribution in [0.3, 0.4) is 0 Å². The Balaban J connectivity index is -0.000000284. The molecule has 464 valence electrons. The van der Waals surface area contributed by atoms with E-state index in [9.17, 15) is 20.4 Å². The second-order valence-electron chi connectivity index (χ2n) is 23.1. The molecule has 0 aromatic carbocycles. The molecule has 8 nitrogen and oxygen atoms in total. The van der Waals surface area contributed by atoms with E-state index in [-0.39, 0.29) is 43.9 Å². The number of hydrogen-bond acceptors (Lipinski definition) is 8. The fourth-order valence-corrected chi connectivity index (χ4v) is 10.4. The Kier molecular flexibility index (Phi) is 69.7. The van der Waals surface area contributed by atoms with Gasteiger partial charge in [-0.15, -0.1) is 0 Å². The summed E-state index contributed by atoms with van der Waals surface area (Å²) >= 11 is 19.7. The largest absolute Gasteiger partial charge is 0.502 e. The van der Waals surface area contributed by atoms with Crippen LogP contribution in [0.1, 0.15) is 314 Å². The lowest BCUT2D eigenvalue weighted by Crippen LogP contribution is -2.37. The summed E-state index contributed by atoms with van der Waals surface area (Å²) in [6, 6.07) is 0. The van der Waals surface area contributed by atoms with Gasteiger partial charge in [-0.2, -0.15) is 0 Å². The summed E-state index contributed by atoms with van der Waals surface area (Å²) in [5.41, 5.74) is -1.11. The van der Waals surface area contributed by atoms with Gasteiger partial charge >= 0.3 is 0 Å². The van der Waals surface area contributed by atoms with Crippen molar-refractivity contribution < 1.29 is 40.9 Å². The van der Waals surface area contributed by atoms with Gasteiger partial charge in [0.2, 0.25) is 0 Å². The van der Waals surface area contributed by atoms with Crippen molar-refractivity contribution in [2.45, 2.75) is 314 Å². The molecule has 0 bridgehead atoms. The highest BCUT2D eigenvalue weighted by atomic mass is 32.1. The predicted molar refractivity (Wildman–Crippen MR) is 354 cm³/mol. The van der Waals surface area contributed by atoms with E-state index in [1.165, 1.54) is 231 Å². The molecule has 0 saturated heterocycles. The van der Waals surface area contributed by atoms with Gasteiger partial charge in [0.05, 0.1) is 31.8 Å². The second-order valence-corrected chi connectivity index (χ2v) is 24.7. The first-order valence-corrected chi connectivity index (χ1v) is 33.7. The van der Waals surface area contributed by atoms with Crippen molar-refractivity contribution in [2.24, 2.45) is 52.8 Å². The zero-order chi connectivity index (χ0) is 59.7. The van der Waals surface area contributed by atoms with Gasteiger partial charge in [-0.1, -0.05) is 263 Å². The van der Waals surface area contributed by atoms with E-state index >= 15 is 0 Å². The second kappa shape index (κ2) is 63.0. The Morgan fingerprint density at radius 2 is 0.390 bits per heavy atom. The Morgan fingerprint density at radius 3 is 0.494 bits per heavy atom. The number of aliphatic hydroxyl groups excluding tert-OH is 8. The number of thiocarbonyl (C=S) groups is 4. The predicted octanol–water partition coefficient (Wildman–Crippen LogP) is 20.6. The summed E-state index contributed by atoms with van der Waals surface area (Å²) < 4.78 is 0. The van der Waals surface area contributed by atoms with E-state index in [1.807, 2.05) is 0 Å². The Bertz CT molecular complexity index is 1080. The zero-order valence-electron chi connectivity index (χ0n) is 52.6. The number of rotatable bonds is 48. The van der Waals surface area contributed by atoms with Crippen LogP contribution in [0.2, 0.25) is 0 Å². The highest BCUT2D eigenvalue weighted by molar-refractivity contribution is 7.80. The Morgan fingerprint density at radius 1 is 0.260 bits per heavy atom. The van der Waals surface area contributed by atoms with Gasteiger partial charge in [0.25, 0.3) is 0 Å². The smallest absolute Gasteiger partial charge is 0.159 e. The van der Waals surface area contributed by atoms with Crippen LogP contribution in [-0.2, 0) is 0 Å². The monoisotopic (exact) mass is 1170 g/mol. The molecule has 0 heterocycles. The Labute approximate surface area is 500 Å². The third kappa shape index (κ3) is 53.2. The van der Waals surface area contributed by atoms with Gasteiger partial charge < -0.3 is 40.9 Å². The lowest BCUT2D eigenvalue weighted by molar-refractivity contribution is -0.0328. The first-order chi connectivity index (χ1) is 36.8. The summed E-state index contributed by atoms with van der Waals surface area (Å²) in [7, 11) is 0. The molecular weight excluding hydrogens is 1040 g/mol. The molecule has 8 N–H and O–H groups in total. The standard InChI is InChI=1S/4C15H30OS.C5H12O4/c4*1-4-6-8-10-12-14(11-9-7-5-2)13(3)15(16)17;6-1-5(2-7,3-8)4-9/h4*13-14H,4-12H2,1-3H3,(H,16,17);6-9H,1-4H2. The lowest BCUT2D eigenvalue weighted by Gasteiger charge is -2.23. The van der Waals surface area contributed by atoms with Crippen molar-refractivity contribution in [2.75, 3.05) is 26.4 Å². The van der Waals surface area contributed by atoms with Crippen LogP contribution < -0.4 is 0 Å². The topological polar surface area (TPSA) is 162 Å². The highest BCUT2D eigenvalue weighted by Crippen LogP contribution is 2.30. The van der Waals surface area contributed by atoms with Crippen LogP contribution in [0.15, 0.2) is 0 Å². The molecule has 0 spiro atoms. The number of unbranched alkanes of at least 4 members (excludes halogenated alkanes) is 20. The molecule has 0 aliphatic rings. The van der Waals surface area contributed by atoms with Crippen molar-refractivity contribution in [3.05, 3.63) is 0 Å². The summed E-state index contributed by atoms with van der Waals surface area (Å²) in [5, 5.41) is 72.8. The van der Waals surface area contributed by atoms with E-state index < -0.39 is 31.8 Å². The minimum Gasteiger partial charge on any atom is -0.502 e. The quantitative estimate of drug-likeness (QED) is 0.0215. The van der Waals surface area contributed by atoms with Gasteiger partial charge in [-0.25, -0.2) is 0 Å². The number of hydrogen-bond donors (Lipinski definition) is 8. The van der Waals surface area contributed by atoms with Gasteiger partial charge in [0.15, 0.2) is 20.2 Å². The maximum atomic E-state index is 9.48. The third-order valence-electron chi connectivity index (χ3n) is 16.2. The zero-order valence-corrected chi connectivity index (χ0v) is 55.9. The molecule has 8 unspecified atom stereocenters. The van der Waals surface area contributed by atoms with E-state index in [0.717, 1.165) is 0 Å². The van der Waals surface area contributed by atoms with E-state index in [2.05, 4.69) is 83.1 Å². The molecule has 0 amide bonds. The molecule has 0 aromatic heterocycles. The molecule has 0 radical (unpaired) electrons. The molecule has 0 saturated carbocycles. The van der Waals surface area contributed by atoms with E-state index in [4.69, 9.17) is 69.3 Å². The van der Waals surface area contributed by atoms with Crippen LogP contribution in [0.5, 0.6) is 0 Å². The minimum absolute atomic E-state index is 0.198. The fraction of sp³-hybridized carbons (Fsp3) is 0.938. The first-order valence-electron chi connectivity index (χ1n) is 32.1. The summed E-state index contributed by atoms with van der Waals surface area (Å²) in [6.45, 7) is 24.6. The summed E-state index contributed by atoms with van der Waals surface area (Å²) in [4.78, 5) is 0. The number of aliphatic hydroxyl groups is 8. The van der Waals surface area contributed by atoms with Crippen molar-refractivity contribution in [3.8, 4) is 0 Å². The van der Waals surface area contributed by atoms with Gasteiger partial charge in [0.1, 0.15) is 0 Å². The summed E-state index contributed by atoms with van der Waals surface area (Å²) in [5.74, 6) is 3.16. The Hall–Kier alpha value is -0.600. The van der Waals surface area contributed by atoms with Crippen LogP contribution in [-0.4, -0.2) is 87.5 Å². The lowest BCUT2D eigenvalue weighted by atomic mass is 9.85. The SMILES string of the molecule is CCCCCCC(CCCCC)C(C)C(O)=S.CCCCCCC(CCCCC)C(C)C(O)=S.CCCCCCC(CCCCC)C(C)C(O)=S.CCCCCCC(CCCCC)C(C)C(O)=S.OCC(CO)(CO)CO. The van der Waals surface area contributed by atoms with Crippen LogP contribution in [0, 0.1) is 52.8 Å². The maximum Gasteiger partial charge on any atom is 0.159 e. The molecule has 0 aromatic rings. The molecule has 0 aliphatic heterocycles. The third-order valence-corrected chi connectivity index (χ3v) is 17.6. The molecule has 0 rings (SSSR count). The molecule has 77 heavy (non-hydrogen) atoms. The van der Waals surface area contributed by atoms with E-state index in [0.29, 0.717) is 23.7 Å². The first kappa shape index (κ1) is 85.2. The van der Waals surface area contributed by atoms with Crippen molar-refractivity contribution >= 4 is 69.1 Å². The van der Waals surface area contributed by atoms with Crippen LogP contribution in [0.25, 0.3) is 0 Å². The van der Waals surface area contributed by atoms with Gasteiger partial charge in [-0.3, -0.25) is 0 Å². The van der Waals surface area contributed by atoms with Gasteiger partial charge in [0, 0.05) is 23.7 Å². The summed E-state index contributed by atoms with van der Waals surface area (Å²) in [6.07, 6.45) is 46.1. The minimum atomic E-state index is -1.11. The molecule has 8 atom stereocenters. The van der Waals surface area contributed by atoms with Crippen molar-refractivity contribution in [1.29, 1.82) is 0 Å². The maximum absolute atomic E-state index is 9.48. The van der Waals surface area contributed by atoms with Crippen LogP contribution in [0.4, 0.5) is 0 Å². The van der Waals surface area contributed by atoms with Crippen LogP contribution >= 0.6 is 48.9 Å². The van der Waals surface area contributed by atoms with Gasteiger partial charge in [-0.05, 0) is 124 Å². The normalized spacial score (nSPS) is 14.2.